The summed E-state index contributed by atoms with van der Waals surface area (Å²) in [5, 5.41) is 23.2. The van der Waals surface area contributed by atoms with Crippen LogP contribution in [0, 0.1) is 10.1 Å². The van der Waals surface area contributed by atoms with Crippen LogP contribution in [-0.2, 0) is 5.75 Å². The van der Waals surface area contributed by atoms with Gasteiger partial charge >= 0.3 is 0 Å². The molecule has 1 heterocycles. The zero-order valence-electron chi connectivity index (χ0n) is 13.6. The highest BCUT2D eigenvalue weighted by Gasteiger charge is 2.17. The number of thioether (sulfide) groups is 1. The Kier molecular flexibility index (Phi) is 6.04. The predicted molar refractivity (Wildman–Crippen MR) is 109 cm³/mol. The Bertz CT molecular complexity index is 1010. The lowest BCUT2D eigenvalue weighted by Gasteiger charge is -2.03. The van der Waals surface area contributed by atoms with Crippen molar-refractivity contribution in [1.29, 1.82) is 0 Å². The first-order valence-electron chi connectivity index (χ1n) is 7.48. The number of amides is 1. The number of nitrogens with zero attached hydrogens (tertiary/aromatic N) is 3. The number of carbonyl (C=O) groups is 1. The van der Waals surface area contributed by atoms with Gasteiger partial charge in [0.2, 0.25) is 11.0 Å². The molecule has 8 nitrogen and oxygen atoms in total. The van der Waals surface area contributed by atoms with E-state index in [4.69, 9.17) is 5.73 Å². The van der Waals surface area contributed by atoms with E-state index >= 15 is 0 Å². The van der Waals surface area contributed by atoms with Crippen LogP contribution in [0.4, 0.5) is 16.5 Å². The number of hydrogen-bond donors (Lipinski definition) is 2. The zero-order valence-corrected chi connectivity index (χ0v) is 16.8. The Morgan fingerprint density at radius 3 is 2.81 bits per heavy atom. The number of benzene rings is 2. The smallest absolute Gasteiger partial charge is 0.274 e. The molecule has 0 saturated heterocycles. The zero-order chi connectivity index (χ0) is 19.4. The van der Waals surface area contributed by atoms with Crippen molar-refractivity contribution in [1.82, 2.24) is 10.2 Å². The lowest BCUT2D eigenvalue weighted by Crippen LogP contribution is -2.11. The second-order valence-corrected chi connectivity index (χ2v) is 8.38. The van der Waals surface area contributed by atoms with Gasteiger partial charge in [-0.1, -0.05) is 51.2 Å². The van der Waals surface area contributed by atoms with Gasteiger partial charge in [0.1, 0.15) is 0 Å². The molecule has 11 heteroatoms. The number of hydrogen-bond acceptors (Lipinski definition) is 8. The lowest BCUT2D eigenvalue weighted by molar-refractivity contribution is -0.385. The molecule has 27 heavy (non-hydrogen) atoms. The minimum Gasteiger partial charge on any atom is -0.366 e. The number of carbonyl (C=O) groups excluding carboxylic acids is 1. The highest BCUT2D eigenvalue weighted by Crippen LogP contribution is 2.33. The van der Waals surface area contributed by atoms with E-state index in [2.05, 4.69) is 31.4 Å². The van der Waals surface area contributed by atoms with Crippen molar-refractivity contribution < 1.29 is 9.72 Å². The molecular weight excluding hydrogens is 454 g/mol. The number of nitro benzene ring substituents is 1. The molecule has 0 aliphatic heterocycles. The van der Waals surface area contributed by atoms with Gasteiger partial charge in [-0.25, -0.2) is 0 Å². The molecule has 0 aliphatic carbocycles. The molecule has 0 bridgehead atoms. The standard InChI is InChI=1S/C16H12BrN5O3S2/c17-11-2-1-3-12(7-11)19-15-20-21-16(27-15)26-8-10-5-4-9(14(18)23)6-13(10)22(24)25/h1-7H,8H2,(H2,18,23)(H,19,20). The fourth-order valence-electron chi connectivity index (χ4n) is 2.16. The van der Waals surface area contributed by atoms with Gasteiger partial charge in [-0.05, 0) is 24.3 Å². The maximum absolute atomic E-state index is 11.2. The third kappa shape index (κ3) is 5.02. The van der Waals surface area contributed by atoms with E-state index in [1.807, 2.05) is 24.3 Å². The molecule has 0 spiro atoms. The Labute approximate surface area is 170 Å². The molecular formula is C16H12BrN5O3S2. The minimum atomic E-state index is -0.704. The quantitative estimate of drug-likeness (QED) is 0.302. The van der Waals surface area contributed by atoms with E-state index < -0.39 is 10.8 Å². The molecule has 0 radical (unpaired) electrons. The molecule has 0 fully saturated rings. The van der Waals surface area contributed by atoms with Gasteiger partial charge in [0.25, 0.3) is 5.69 Å². The molecule has 3 rings (SSSR count). The third-order valence-electron chi connectivity index (χ3n) is 3.40. The summed E-state index contributed by atoms with van der Waals surface area (Å²) in [5.74, 6) is -0.384. The molecule has 2 aromatic carbocycles. The van der Waals surface area contributed by atoms with Crippen LogP contribution in [0.5, 0.6) is 0 Å². The van der Waals surface area contributed by atoms with Gasteiger partial charge in [0.15, 0.2) is 4.34 Å². The van der Waals surface area contributed by atoms with Gasteiger partial charge in [-0.2, -0.15) is 0 Å². The number of nitrogens with two attached hydrogens (primary N) is 1. The van der Waals surface area contributed by atoms with E-state index in [1.54, 1.807) is 0 Å². The van der Waals surface area contributed by atoms with Gasteiger partial charge in [0.05, 0.1) is 4.92 Å². The maximum Gasteiger partial charge on any atom is 0.274 e. The summed E-state index contributed by atoms with van der Waals surface area (Å²) in [4.78, 5) is 21.9. The molecule has 1 amide bonds. The molecule has 0 atom stereocenters. The highest BCUT2D eigenvalue weighted by atomic mass is 79.9. The minimum absolute atomic E-state index is 0.104. The van der Waals surface area contributed by atoms with E-state index in [9.17, 15) is 14.9 Å². The van der Waals surface area contributed by atoms with Crippen LogP contribution < -0.4 is 11.1 Å². The lowest BCUT2D eigenvalue weighted by atomic mass is 10.1. The summed E-state index contributed by atoms with van der Waals surface area (Å²) in [7, 11) is 0. The van der Waals surface area contributed by atoms with Crippen molar-refractivity contribution in [2.24, 2.45) is 5.73 Å². The predicted octanol–water partition coefficient (Wildman–Crippen LogP) is 4.34. The number of halogens is 1. The van der Waals surface area contributed by atoms with Crippen molar-refractivity contribution in [3.8, 4) is 0 Å². The summed E-state index contributed by atoms with van der Waals surface area (Å²) in [6.07, 6.45) is 0. The van der Waals surface area contributed by atoms with Crippen LogP contribution >= 0.6 is 39.0 Å². The summed E-state index contributed by atoms with van der Waals surface area (Å²) in [5.41, 5.74) is 6.49. The van der Waals surface area contributed by atoms with Crippen LogP contribution in [0.2, 0.25) is 0 Å². The van der Waals surface area contributed by atoms with E-state index in [1.165, 1.54) is 41.3 Å². The van der Waals surface area contributed by atoms with Crippen molar-refractivity contribution in [2.75, 3.05) is 5.32 Å². The number of rotatable bonds is 7. The SMILES string of the molecule is NC(=O)c1ccc(CSc2nnc(Nc3cccc(Br)c3)s2)c([N+](=O)[O-])c1. The normalized spacial score (nSPS) is 10.6. The largest absolute Gasteiger partial charge is 0.366 e. The first-order chi connectivity index (χ1) is 12.9. The number of anilines is 2. The molecule has 0 unspecified atom stereocenters. The molecule has 3 aromatic rings. The van der Waals surface area contributed by atoms with Gasteiger partial charge < -0.3 is 11.1 Å². The number of primary amides is 1. The van der Waals surface area contributed by atoms with Crippen LogP contribution in [0.25, 0.3) is 0 Å². The van der Waals surface area contributed by atoms with E-state index in [0.717, 1.165) is 10.2 Å². The van der Waals surface area contributed by atoms with Crippen LogP contribution in [0.1, 0.15) is 15.9 Å². The van der Waals surface area contributed by atoms with Crippen LogP contribution in [-0.4, -0.2) is 21.0 Å². The van der Waals surface area contributed by atoms with Crippen molar-refractivity contribution in [3.63, 3.8) is 0 Å². The van der Waals surface area contributed by atoms with Gasteiger partial charge in [0, 0.05) is 33.1 Å². The fraction of sp³-hybridized carbons (Fsp3) is 0.0625. The third-order valence-corrected chi connectivity index (χ3v) is 5.91. The van der Waals surface area contributed by atoms with E-state index in [-0.39, 0.29) is 11.3 Å². The Hall–Kier alpha value is -2.50. The van der Waals surface area contributed by atoms with Crippen molar-refractivity contribution >= 4 is 61.4 Å². The van der Waals surface area contributed by atoms with Crippen molar-refractivity contribution in [3.05, 3.63) is 68.2 Å². The average Bonchev–Trinajstić information content (AvgIpc) is 3.07. The second-order valence-electron chi connectivity index (χ2n) is 5.26. The maximum atomic E-state index is 11.2. The molecule has 0 saturated carbocycles. The monoisotopic (exact) mass is 465 g/mol. The van der Waals surface area contributed by atoms with Gasteiger partial charge in [-0.3, -0.25) is 14.9 Å². The van der Waals surface area contributed by atoms with Gasteiger partial charge in [-0.15, -0.1) is 10.2 Å². The second kappa shape index (κ2) is 8.46. The average molecular weight is 466 g/mol. The van der Waals surface area contributed by atoms with Crippen LogP contribution in [0.15, 0.2) is 51.3 Å². The molecule has 0 aliphatic rings. The Morgan fingerprint density at radius 2 is 2.11 bits per heavy atom. The summed E-state index contributed by atoms with van der Waals surface area (Å²) in [6, 6.07) is 11.8. The first kappa shape index (κ1) is 19.3. The summed E-state index contributed by atoms with van der Waals surface area (Å²) in [6.45, 7) is 0. The Morgan fingerprint density at radius 1 is 1.30 bits per heavy atom. The fourth-order valence-corrected chi connectivity index (χ4v) is 4.32. The first-order valence-corrected chi connectivity index (χ1v) is 10.1. The Balaban J connectivity index is 1.70. The number of aromatic nitrogens is 2. The molecule has 3 N–H and O–H groups in total. The summed E-state index contributed by atoms with van der Waals surface area (Å²) >= 11 is 6.08. The molecule has 1 aromatic heterocycles. The topological polar surface area (TPSA) is 124 Å². The highest BCUT2D eigenvalue weighted by molar-refractivity contribution is 9.10. The van der Waals surface area contributed by atoms with Crippen LogP contribution in [0.3, 0.4) is 0 Å². The van der Waals surface area contributed by atoms with Crippen molar-refractivity contribution in [2.45, 2.75) is 10.1 Å². The number of nitro groups is 1. The summed E-state index contributed by atoms with van der Waals surface area (Å²) < 4.78 is 1.61. The van der Waals surface area contributed by atoms with E-state index in [0.29, 0.717) is 20.8 Å². The number of nitrogens with one attached hydrogen (secondary N) is 1. The molecule has 138 valence electrons.